The van der Waals surface area contributed by atoms with Crippen LogP contribution in [0.15, 0.2) is 77.7 Å². The second-order valence-electron chi connectivity index (χ2n) is 5.78. The van der Waals surface area contributed by atoms with Crippen LogP contribution in [0.25, 0.3) is 32.8 Å². The predicted octanol–water partition coefficient (Wildman–Crippen LogP) is 4.72. The molecule has 2 heteroatoms. The molecule has 0 aliphatic heterocycles. The number of benzene rings is 2. The molecule has 0 atom stereocenters. The third kappa shape index (κ3) is 2.38. The first-order valence-corrected chi connectivity index (χ1v) is 7.61. The molecule has 0 N–H and O–H groups in total. The summed E-state index contributed by atoms with van der Waals surface area (Å²) < 4.78 is 0. The number of nitrogens with zero attached hydrogens (tertiary/aromatic N) is 1. The van der Waals surface area contributed by atoms with E-state index in [1.54, 1.807) is 0 Å². The van der Waals surface area contributed by atoms with Crippen LogP contribution in [0.3, 0.4) is 0 Å². The van der Waals surface area contributed by atoms with E-state index in [-0.39, 0.29) is 5.43 Å². The van der Waals surface area contributed by atoms with Gasteiger partial charge < -0.3 is 0 Å². The van der Waals surface area contributed by atoms with Crippen LogP contribution in [0, 0.1) is 6.92 Å². The lowest BCUT2D eigenvalue weighted by Crippen LogP contribution is -1.99. The van der Waals surface area contributed by atoms with Gasteiger partial charge in [-0.05, 0) is 30.0 Å². The van der Waals surface area contributed by atoms with E-state index in [0.29, 0.717) is 5.39 Å². The van der Waals surface area contributed by atoms with Crippen molar-refractivity contribution in [3.8, 4) is 11.1 Å². The lowest BCUT2D eigenvalue weighted by molar-refractivity contribution is 1.41. The lowest BCUT2D eigenvalue weighted by atomic mass is 10.1. The fraction of sp³-hybridized carbons (Fsp3) is 0.0476. The Bertz CT molecular complexity index is 1090. The van der Waals surface area contributed by atoms with Gasteiger partial charge in [0.15, 0.2) is 5.43 Å². The van der Waals surface area contributed by atoms with Crippen molar-refractivity contribution in [3.05, 3.63) is 88.7 Å². The summed E-state index contributed by atoms with van der Waals surface area (Å²) in [5, 5.41) is 2.34. The van der Waals surface area contributed by atoms with Gasteiger partial charge in [0.05, 0.1) is 5.52 Å². The Kier molecular flexibility index (Phi) is 3.16. The zero-order valence-corrected chi connectivity index (χ0v) is 12.8. The Hall–Kier alpha value is -3.00. The average molecular weight is 297 g/mol. The molecule has 0 amide bonds. The smallest absolute Gasteiger partial charge is 0.195 e. The van der Waals surface area contributed by atoms with E-state index in [4.69, 9.17) is 0 Å². The highest BCUT2D eigenvalue weighted by Gasteiger charge is 2.06. The number of fused-ring (bicyclic) bond motifs is 2. The fourth-order valence-corrected chi connectivity index (χ4v) is 2.92. The Morgan fingerprint density at radius 1 is 0.783 bits per heavy atom. The number of rotatable bonds is 1. The second-order valence-corrected chi connectivity index (χ2v) is 5.78. The van der Waals surface area contributed by atoms with Gasteiger partial charge in [0.25, 0.3) is 0 Å². The quantitative estimate of drug-likeness (QED) is 0.508. The van der Waals surface area contributed by atoms with Crippen LogP contribution in [-0.2, 0) is 0 Å². The molecular weight excluding hydrogens is 282 g/mol. The first kappa shape index (κ1) is 13.6. The van der Waals surface area contributed by atoms with Crippen molar-refractivity contribution in [2.24, 2.45) is 0 Å². The summed E-state index contributed by atoms with van der Waals surface area (Å²) in [4.78, 5) is 17.4. The summed E-state index contributed by atoms with van der Waals surface area (Å²) >= 11 is 0. The van der Waals surface area contributed by atoms with Crippen LogP contribution in [-0.4, -0.2) is 4.98 Å². The van der Waals surface area contributed by atoms with Gasteiger partial charge in [0.1, 0.15) is 0 Å². The molecule has 0 saturated carbocycles. The van der Waals surface area contributed by atoms with Crippen molar-refractivity contribution in [2.45, 2.75) is 6.92 Å². The van der Waals surface area contributed by atoms with E-state index < -0.39 is 0 Å². The zero-order chi connectivity index (χ0) is 15.8. The van der Waals surface area contributed by atoms with Gasteiger partial charge in [0.2, 0.25) is 0 Å². The van der Waals surface area contributed by atoms with Crippen LogP contribution in [0.4, 0.5) is 0 Å². The number of pyridine rings is 1. The molecule has 3 aromatic carbocycles. The number of hydrogen-bond donors (Lipinski definition) is 0. The topological polar surface area (TPSA) is 30.0 Å². The van der Waals surface area contributed by atoms with Crippen molar-refractivity contribution in [1.29, 1.82) is 0 Å². The molecule has 4 aromatic rings. The predicted molar refractivity (Wildman–Crippen MR) is 95.7 cm³/mol. The summed E-state index contributed by atoms with van der Waals surface area (Å²) in [7, 11) is 0. The molecule has 1 aromatic heterocycles. The van der Waals surface area contributed by atoms with Crippen LogP contribution in [0.5, 0.6) is 0 Å². The van der Waals surface area contributed by atoms with Gasteiger partial charge in [-0.25, -0.2) is 0 Å². The van der Waals surface area contributed by atoms with Crippen molar-refractivity contribution < 1.29 is 0 Å². The highest BCUT2D eigenvalue weighted by Crippen LogP contribution is 2.22. The third-order valence-electron chi connectivity index (χ3n) is 4.14. The summed E-state index contributed by atoms with van der Waals surface area (Å²) in [6.45, 7) is 2.03. The molecule has 1 heterocycles. The number of aryl methyl sites for hydroxylation is 1. The summed E-state index contributed by atoms with van der Waals surface area (Å²) in [5.41, 5.74) is 3.92. The van der Waals surface area contributed by atoms with E-state index in [1.165, 1.54) is 0 Å². The highest BCUT2D eigenvalue weighted by molar-refractivity contribution is 5.93. The van der Waals surface area contributed by atoms with E-state index in [0.717, 1.165) is 33.0 Å². The van der Waals surface area contributed by atoms with Crippen LogP contribution < -0.4 is 5.43 Å². The molecule has 0 unspecified atom stereocenters. The van der Waals surface area contributed by atoms with Crippen LogP contribution in [0.2, 0.25) is 0 Å². The molecule has 0 spiro atoms. The molecule has 0 saturated heterocycles. The summed E-state index contributed by atoms with van der Waals surface area (Å²) in [6.07, 6.45) is 1.83. The van der Waals surface area contributed by atoms with E-state index >= 15 is 0 Å². The zero-order valence-electron chi connectivity index (χ0n) is 12.8. The first-order valence-electron chi connectivity index (χ1n) is 7.61. The Labute approximate surface area is 134 Å². The number of hydrogen-bond acceptors (Lipinski definition) is 2. The minimum atomic E-state index is 0.0327. The molecule has 4 rings (SSSR count). The molecule has 110 valence electrons. The third-order valence-corrected chi connectivity index (χ3v) is 4.14. The van der Waals surface area contributed by atoms with Crippen molar-refractivity contribution >= 4 is 21.7 Å². The molecule has 0 fully saturated rings. The van der Waals surface area contributed by atoms with Crippen molar-refractivity contribution in [1.82, 2.24) is 4.98 Å². The van der Waals surface area contributed by atoms with Gasteiger partial charge in [-0.2, -0.15) is 0 Å². The molecule has 0 aliphatic rings. The normalized spacial score (nSPS) is 11.0. The molecule has 0 bridgehead atoms. The number of aromatic nitrogens is 1. The Balaban J connectivity index is 2.08. The first-order chi connectivity index (χ1) is 11.2. The molecule has 0 aliphatic carbocycles. The minimum absolute atomic E-state index is 0.0327. The van der Waals surface area contributed by atoms with Gasteiger partial charge in [0, 0.05) is 22.5 Å². The SMILES string of the molecule is Cc1ccc2c(=O)c3cc(-c4ccccc4)cnc3ccc2c1. The maximum atomic E-state index is 12.9. The van der Waals surface area contributed by atoms with E-state index in [1.807, 2.05) is 79.9 Å². The van der Waals surface area contributed by atoms with Gasteiger partial charge >= 0.3 is 0 Å². The average Bonchev–Trinajstić information content (AvgIpc) is 2.72. The lowest BCUT2D eigenvalue weighted by Gasteiger charge is -2.01. The van der Waals surface area contributed by atoms with Gasteiger partial charge in [-0.1, -0.05) is 60.2 Å². The largest absolute Gasteiger partial charge is 0.289 e. The van der Waals surface area contributed by atoms with Gasteiger partial charge in [-0.15, -0.1) is 0 Å². The van der Waals surface area contributed by atoms with E-state index in [2.05, 4.69) is 4.98 Å². The van der Waals surface area contributed by atoms with Crippen LogP contribution >= 0.6 is 0 Å². The monoisotopic (exact) mass is 297 g/mol. The molecule has 2 nitrogen and oxygen atoms in total. The standard InChI is InChI=1S/C21H15NO/c1-14-7-9-18-16(11-14)8-10-20-19(21(18)23)12-17(13-22-20)15-5-3-2-4-6-15/h2-13H,1H3. The highest BCUT2D eigenvalue weighted by atomic mass is 16.1. The minimum Gasteiger partial charge on any atom is -0.289 e. The maximum Gasteiger partial charge on any atom is 0.195 e. The van der Waals surface area contributed by atoms with Gasteiger partial charge in [-0.3, -0.25) is 9.78 Å². The summed E-state index contributed by atoms with van der Waals surface area (Å²) in [5.74, 6) is 0. The maximum absolute atomic E-state index is 12.9. The van der Waals surface area contributed by atoms with Crippen molar-refractivity contribution in [3.63, 3.8) is 0 Å². The summed E-state index contributed by atoms with van der Waals surface area (Å²) in [6, 6.07) is 21.8. The van der Waals surface area contributed by atoms with Crippen molar-refractivity contribution in [2.75, 3.05) is 0 Å². The molecule has 23 heavy (non-hydrogen) atoms. The molecule has 0 radical (unpaired) electrons. The Morgan fingerprint density at radius 3 is 2.43 bits per heavy atom. The molecular formula is C21H15NO. The fourth-order valence-electron chi connectivity index (χ4n) is 2.92. The Morgan fingerprint density at radius 2 is 1.61 bits per heavy atom. The van der Waals surface area contributed by atoms with E-state index in [9.17, 15) is 4.79 Å². The second kappa shape index (κ2) is 5.33. The van der Waals surface area contributed by atoms with Crippen LogP contribution in [0.1, 0.15) is 5.56 Å².